The lowest BCUT2D eigenvalue weighted by atomic mass is 10.2. The first-order valence-electron chi connectivity index (χ1n) is 10.1. The van der Waals surface area contributed by atoms with Gasteiger partial charge in [-0.2, -0.15) is 0 Å². The highest BCUT2D eigenvalue weighted by Crippen LogP contribution is 2.32. The van der Waals surface area contributed by atoms with Crippen molar-refractivity contribution < 1.29 is 14.3 Å². The van der Waals surface area contributed by atoms with Gasteiger partial charge in [-0.15, -0.1) is 5.10 Å². The minimum Gasteiger partial charge on any atom is -0.479 e. The molecule has 4 aromatic rings. The van der Waals surface area contributed by atoms with Gasteiger partial charge in [-0.3, -0.25) is 9.59 Å². The average Bonchev–Trinajstić information content (AvgIpc) is 3.27. The van der Waals surface area contributed by atoms with Crippen molar-refractivity contribution >= 4 is 23.2 Å². The van der Waals surface area contributed by atoms with Crippen molar-refractivity contribution in [3.8, 4) is 22.8 Å². The largest absolute Gasteiger partial charge is 0.479 e. The third-order valence-corrected chi connectivity index (χ3v) is 5.01. The third-order valence-electron chi connectivity index (χ3n) is 5.01. The van der Waals surface area contributed by atoms with Gasteiger partial charge in [-0.1, -0.05) is 48.5 Å². The van der Waals surface area contributed by atoms with E-state index in [1.807, 2.05) is 60.7 Å². The summed E-state index contributed by atoms with van der Waals surface area (Å²) in [5.74, 6) is 0.430. The minimum absolute atomic E-state index is 0.0272. The lowest BCUT2D eigenvalue weighted by Gasteiger charge is -2.23. The summed E-state index contributed by atoms with van der Waals surface area (Å²) >= 11 is 0. The highest BCUT2D eigenvalue weighted by atomic mass is 16.5. The van der Waals surface area contributed by atoms with Crippen molar-refractivity contribution in [2.75, 3.05) is 10.6 Å². The Morgan fingerprint density at radius 1 is 1.03 bits per heavy atom. The highest BCUT2D eigenvalue weighted by Gasteiger charge is 2.24. The molecule has 0 bridgehead atoms. The fourth-order valence-corrected chi connectivity index (χ4v) is 3.41. The summed E-state index contributed by atoms with van der Waals surface area (Å²) in [6.07, 6.45) is -0.564. The molecular formula is C24H19N5O3. The minimum atomic E-state index is -0.564. The molecule has 2 amide bonds. The number of nitrogens with zero attached hydrogens (tertiary/aromatic N) is 3. The Labute approximate surface area is 183 Å². The Morgan fingerprint density at radius 2 is 1.75 bits per heavy atom. The standard InChI is InChI=1S/C24H19N5O3/c1-15-23(30)26-19-14-17(12-13-20(19)32-15)25-24(31)21-27-22(16-8-4-2-5-9-16)29(28-21)18-10-6-3-7-11-18/h2-15H,1H3,(H,25,31)(H,26,30). The fraction of sp³-hybridized carbons (Fsp3) is 0.0833. The number of amides is 2. The van der Waals surface area contributed by atoms with Gasteiger partial charge in [-0.05, 0) is 37.3 Å². The molecule has 2 N–H and O–H groups in total. The quantitative estimate of drug-likeness (QED) is 0.517. The smallest absolute Gasteiger partial charge is 0.295 e. The van der Waals surface area contributed by atoms with Crippen molar-refractivity contribution in [1.29, 1.82) is 0 Å². The highest BCUT2D eigenvalue weighted by molar-refractivity contribution is 6.03. The Morgan fingerprint density at radius 3 is 2.50 bits per heavy atom. The summed E-state index contributed by atoms with van der Waals surface area (Å²) in [6, 6.07) is 24.1. The number of hydrogen-bond acceptors (Lipinski definition) is 5. The Hall–Kier alpha value is -4.46. The number of para-hydroxylation sites is 1. The van der Waals surface area contributed by atoms with Gasteiger partial charge in [0.05, 0.1) is 11.4 Å². The molecule has 3 aromatic carbocycles. The molecule has 1 unspecified atom stereocenters. The SMILES string of the molecule is CC1Oc2ccc(NC(=O)c3nc(-c4ccccc4)n(-c4ccccc4)n3)cc2NC1=O. The number of carbonyl (C=O) groups excluding carboxylic acids is 2. The van der Waals surface area contributed by atoms with Crippen LogP contribution in [-0.4, -0.2) is 32.7 Å². The number of benzene rings is 3. The van der Waals surface area contributed by atoms with Gasteiger partial charge >= 0.3 is 0 Å². The predicted octanol–water partition coefficient (Wildman–Crippen LogP) is 3.91. The maximum atomic E-state index is 13.0. The van der Waals surface area contributed by atoms with Gasteiger partial charge < -0.3 is 15.4 Å². The molecule has 1 aromatic heterocycles. The van der Waals surface area contributed by atoms with E-state index in [1.54, 1.807) is 29.8 Å². The van der Waals surface area contributed by atoms with Crippen molar-refractivity contribution in [3.63, 3.8) is 0 Å². The maximum absolute atomic E-state index is 13.0. The first-order chi connectivity index (χ1) is 15.6. The van der Waals surface area contributed by atoms with Crippen LogP contribution >= 0.6 is 0 Å². The van der Waals surface area contributed by atoms with Crippen LogP contribution in [-0.2, 0) is 4.79 Å². The Kier molecular flexibility index (Phi) is 4.87. The van der Waals surface area contributed by atoms with Gasteiger partial charge in [0.2, 0.25) is 5.82 Å². The monoisotopic (exact) mass is 425 g/mol. The van der Waals surface area contributed by atoms with Crippen LogP contribution in [0, 0.1) is 0 Å². The molecule has 0 spiro atoms. The summed E-state index contributed by atoms with van der Waals surface area (Å²) in [5.41, 5.74) is 2.62. The van der Waals surface area contributed by atoms with Gasteiger partial charge in [0.15, 0.2) is 11.9 Å². The van der Waals surface area contributed by atoms with Crippen LogP contribution in [0.15, 0.2) is 78.9 Å². The molecule has 2 heterocycles. The van der Waals surface area contributed by atoms with Crippen LogP contribution < -0.4 is 15.4 Å². The van der Waals surface area contributed by atoms with E-state index < -0.39 is 12.0 Å². The van der Waals surface area contributed by atoms with E-state index in [2.05, 4.69) is 20.7 Å². The molecule has 0 aliphatic carbocycles. The van der Waals surface area contributed by atoms with E-state index in [-0.39, 0.29) is 11.7 Å². The van der Waals surface area contributed by atoms with Crippen molar-refractivity contribution in [2.45, 2.75) is 13.0 Å². The number of hydrogen-bond donors (Lipinski definition) is 2. The Bertz CT molecular complexity index is 1240. The first-order valence-corrected chi connectivity index (χ1v) is 10.1. The van der Waals surface area contributed by atoms with Crippen molar-refractivity contribution in [3.05, 3.63) is 84.7 Å². The molecule has 0 fully saturated rings. The van der Waals surface area contributed by atoms with E-state index in [9.17, 15) is 9.59 Å². The number of anilines is 2. The molecule has 1 aliphatic rings. The molecule has 5 rings (SSSR count). The van der Waals surface area contributed by atoms with E-state index >= 15 is 0 Å². The normalized spacial score (nSPS) is 14.8. The zero-order valence-corrected chi connectivity index (χ0v) is 17.1. The molecule has 1 atom stereocenters. The zero-order chi connectivity index (χ0) is 22.1. The second kappa shape index (κ2) is 7.99. The van der Waals surface area contributed by atoms with Gasteiger partial charge in [0.25, 0.3) is 11.8 Å². The van der Waals surface area contributed by atoms with Crippen molar-refractivity contribution in [2.24, 2.45) is 0 Å². The van der Waals surface area contributed by atoms with Crippen molar-refractivity contribution in [1.82, 2.24) is 14.8 Å². The zero-order valence-electron chi connectivity index (χ0n) is 17.1. The Balaban J connectivity index is 1.46. The molecular weight excluding hydrogens is 406 g/mol. The van der Waals surface area contributed by atoms with E-state index in [1.165, 1.54) is 0 Å². The maximum Gasteiger partial charge on any atom is 0.295 e. The predicted molar refractivity (Wildman–Crippen MR) is 120 cm³/mol. The number of ether oxygens (including phenoxy) is 1. The number of aromatic nitrogens is 3. The van der Waals surface area contributed by atoms with Gasteiger partial charge in [0, 0.05) is 11.3 Å². The summed E-state index contributed by atoms with van der Waals surface area (Å²) < 4.78 is 7.20. The lowest BCUT2D eigenvalue weighted by Crippen LogP contribution is -2.34. The number of carbonyl (C=O) groups is 2. The number of nitrogens with one attached hydrogen (secondary N) is 2. The molecule has 32 heavy (non-hydrogen) atoms. The third kappa shape index (κ3) is 3.69. The molecule has 1 aliphatic heterocycles. The molecule has 158 valence electrons. The molecule has 8 heteroatoms. The van der Waals surface area contributed by atoms with E-state index in [0.29, 0.717) is 22.9 Å². The van der Waals surface area contributed by atoms with Gasteiger partial charge in [-0.25, -0.2) is 9.67 Å². The van der Waals surface area contributed by atoms with E-state index in [0.717, 1.165) is 11.3 Å². The summed E-state index contributed by atoms with van der Waals surface area (Å²) in [7, 11) is 0. The lowest BCUT2D eigenvalue weighted by molar-refractivity contribution is -0.122. The topological polar surface area (TPSA) is 98.1 Å². The van der Waals surface area contributed by atoms with Crippen LogP contribution in [0.3, 0.4) is 0 Å². The van der Waals surface area contributed by atoms with Crippen LogP contribution in [0.2, 0.25) is 0 Å². The fourth-order valence-electron chi connectivity index (χ4n) is 3.41. The average molecular weight is 425 g/mol. The molecule has 0 radical (unpaired) electrons. The number of fused-ring (bicyclic) bond motifs is 1. The van der Waals surface area contributed by atoms with E-state index in [4.69, 9.17) is 4.74 Å². The van der Waals surface area contributed by atoms with Crippen LogP contribution in [0.25, 0.3) is 17.1 Å². The summed E-state index contributed by atoms with van der Waals surface area (Å²) in [4.78, 5) is 29.3. The van der Waals surface area contributed by atoms with Crippen LogP contribution in [0.4, 0.5) is 11.4 Å². The number of rotatable bonds is 4. The second-order valence-corrected chi connectivity index (χ2v) is 7.29. The molecule has 0 saturated heterocycles. The molecule has 8 nitrogen and oxygen atoms in total. The summed E-state index contributed by atoms with van der Waals surface area (Å²) in [5, 5.41) is 10.0. The second-order valence-electron chi connectivity index (χ2n) is 7.29. The van der Waals surface area contributed by atoms with Crippen LogP contribution in [0.1, 0.15) is 17.5 Å². The van der Waals surface area contributed by atoms with Crippen LogP contribution in [0.5, 0.6) is 5.75 Å². The first kappa shape index (κ1) is 19.5. The summed E-state index contributed by atoms with van der Waals surface area (Å²) in [6.45, 7) is 1.67. The van der Waals surface area contributed by atoms with Gasteiger partial charge in [0.1, 0.15) is 5.75 Å². The molecule has 0 saturated carbocycles.